The number of hydrogen-bond donors (Lipinski definition) is 1. The minimum Gasteiger partial charge on any atom is -0.306 e. The third-order valence-corrected chi connectivity index (χ3v) is 3.00. The highest BCUT2D eigenvalue weighted by molar-refractivity contribution is 7.13. The fourth-order valence-electron chi connectivity index (χ4n) is 1.26. The predicted molar refractivity (Wildman–Crippen MR) is 69.7 cm³/mol. The molecule has 2 aromatic heterocycles. The summed E-state index contributed by atoms with van der Waals surface area (Å²) in [6.07, 6.45) is 3.47. The van der Waals surface area contributed by atoms with Crippen molar-refractivity contribution in [3.8, 4) is 10.8 Å². The van der Waals surface area contributed by atoms with Crippen LogP contribution in [0.25, 0.3) is 10.8 Å². The molecular weight excluding hydrogens is 232 g/mol. The molecule has 0 aliphatic carbocycles. The molecule has 0 fully saturated rings. The molecule has 0 saturated heterocycles. The van der Waals surface area contributed by atoms with E-state index in [2.05, 4.69) is 41.0 Å². The van der Waals surface area contributed by atoms with E-state index in [9.17, 15) is 0 Å². The van der Waals surface area contributed by atoms with Crippen LogP contribution in [0.5, 0.6) is 0 Å². The maximum atomic E-state index is 4.51. The van der Waals surface area contributed by atoms with Gasteiger partial charge in [-0.05, 0) is 26.8 Å². The molecule has 0 aliphatic heterocycles. The summed E-state index contributed by atoms with van der Waals surface area (Å²) in [5, 5.41) is 6.32. The zero-order valence-corrected chi connectivity index (χ0v) is 11.1. The topological polar surface area (TPSA) is 50.7 Å². The molecule has 0 radical (unpaired) electrons. The first kappa shape index (κ1) is 12.1. The van der Waals surface area contributed by atoms with Crippen molar-refractivity contribution in [3.63, 3.8) is 0 Å². The molecule has 0 amide bonds. The minimum atomic E-state index is 0.104. The summed E-state index contributed by atoms with van der Waals surface area (Å²) in [7, 11) is 0. The van der Waals surface area contributed by atoms with Crippen LogP contribution in [0.3, 0.4) is 0 Å². The van der Waals surface area contributed by atoms with Gasteiger partial charge in [-0.2, -0.15) is 0 Å². The Kier molecular flexibility index (Phi) is 3.49. The minimum absolute atomic E-state index is 0.104. The van der Waals surface area contributed by atoms with Crippen LogP contribution in [0.1, 0.15) is 26.5 Å². The molecule has 17 heavy (non-hydrogen) atoms. The van der Waals surface area contributed by atoms with Crippen molar-refractivity contribution in [3.05, 3.63) is 29.5 Å². The first-order valence-corrected chi connectivity index (χ1v) is 6.39. The lowest BCUT2D eigenvalue weighted by atomic mass is 10.1. The van der Waals surface area contributed by atoms with Gasteiger partial charge in [-0.25, -0.2) is 15.0 Å². The van der Waals surface area contributed by atoms with Gasteiger partial charge in [0.05, 0.1) is 5.69 Å². The highest BCUT2D eigenvalue weighted by Gasteiger charge is 2.11. The summed E-state index contributed by atoms with van der Waals surface area (Å²) in [5.74, 6) is 0.694. The lowest BCUT2D eigenvalue weighted by molar-refractivity contribution is 0.422. The Bertz CT molecular complexity index is 473. The van der Waals surface area contributed by atoms with E-state index in [4.69, 9.17) is 0 Å². The number of aromatic nitrogens is 3. The molecule has 2 heterocycles. The van der Waals surface area contributed by atoms with Crippen molar-refractivity contribution >= 4 is 11.3 Å². The van der Waals surface area contributed by atoms with Gasteiger partial charge in [-0.1, -0.05) is 0 Å². The van der Waals surface area contributed by atoms with Gasteiger partial charge in [0.15, 0.2) is 10.8 Å². The van der Waals surface area contributed by atoms with E-state index in [1.54, 1.807) is 29.8 Å². The Morgan fingerprint density at radius 1 is 1.24 bits per heavy atom. The maximum absolute atomic E-state index is 4.51. The third-order valence-electron chi connectivity index (χ3n) is 2.11. The second-order valence-electron chi connectivity index (χ2n) is 4.82. The van der Waals surface area contributed by atoms with Crippen LogP contribution < -0.4 is 5.32 Å². The quantitative estimate of drug-likeness (QED) is 0.906. The molecule has 0 saturated carbocycles. The molecule has 90 valence electrons. The number of nitrogens with zero attached hydrogens (tertiary/aromatic N) is 3. The second-order valence-corrected chi connectivity index (χ2v) is 5.68. The van der Waals surface area contributed by atoms with Crippen molar-refractivity contribution in [1.82, 2.24) is 20.3 Å². The molecule has 5 heteroatoms. The highest BCUT2D eigenvalue weighted by Crippen LogP contribution is 2.19. The molecule has 4 nitrogen and oxygen atoms in total. The normalized spacial score (nSPS) is 11.7. The SMILES string of the molecule is CC(C)(C)NCc1csc(-c2ncccn2)n1. The van der Waals surface area contributed by atoms with E-state index in [0.29, 0.717) is 5.82 Å². The first-order chi connectivity index (χ1) is 8.04. The van der Waals surface area contributed by atoms with Gasteiger partial charge >= 0.3 is 0 Å². The van der Waals surface area contributed by atoms with Crippen LogP contribution in [0.15, 0.2) is 23.8 Å². The summed E-state index contributed by atoms with van der Waals surface area (Å²) >= 11 is 1.58. The third kappa shape index (κ3) is 3.57. The lowest BCUT2D eigenvalue weighted by Crippen LogP contribution is -2.35. The number of hydrogen-bond acceptors (Lipinski definition) is 5. The van der Waals surface area contributed by atoms with E-state index < -0.39 is 0 Å². The first-order valence-electron chi connectivity index (χ1n) is 5.51. The van der Waals surface area contributed by atoms with Crippen molar-refractivity contribution in [2.45, 2.75) is 32.9 Å². The van der Waals surface area contributed by atoms with E-state index in [-0.39, 0.29) is 5.54 Å². The number of nitrogens with one attached hydrogen (secondary N) is 1. The second kappa shape index (κ2) is 4.89. The summed E-state index contributed by atoms with van der Waals surface area (Å²) < 4.78 is 0. The molecule has 0 unspecified atom stereocenters. The van der Waals surface area contributed by atoms with Crippen molar-refractivity contribution in [1.29, 1.82) is 0 Å². The van der Waals surface area contributed by atoms with Gasteiger partial charge in [-0.15, -0.1) is 11.3 Å². The van der Waals surface area contributed by atoms with Crippen LogP contribution in [0.2, 0.25) is 0 Å². The Morgan fingerprint density at radius 2 is 1.94 bits per heavy atom. The van der Waals surface area contributed by atoms with Crippen LogP contribution in [-0.2, 0) is 6.54 Å². The highest BCUT2D eigenvalue weighted by atomic mass is 32.1. The predicted octanol–water partition coefficient (Wildman–Crippen LogP) is 2.49. The Balaban J connectivity index is 2.07. The van der Waals surface area contributed by atoms with Crippen molar-refractivity contribution in [2.75, 3.05) is 0 Å². The molecule has 0 aliphatic rings. The standard InChI is InChI=1S/C12H16N4S/c1-12(2,3)15-7-9-8-17-11(16-9)10-13-5-4-6-14-10/h4-6,8,15H,7H2,1-3H3. The largest absolute Gasteiger partial charge is 0.306 e. The van der Waals surface area contributed by atoms with Gasteiger partial charge in [0.2, 0.25) is 0 Å². The van der Waals surface area contributed by atoms with E-state index in [1.807, 2.05) is 5.38 Å². The number of rotatable bonds is 3. The zero-order valence-electron chi connectivity index (χ0n) is 10.3. The monoisotopic (exact) mass is 248 g/mol. The van der Waals surface area contributed by atoms with Crippen molar-refractivity contribution < 1.29 is 0 Å². The van der Waals surface area contributed by atoms with Gasteiger partial charge < -0.3 is 5.32 Å². The Hall–Kier alpha value is -1.33. The molecule has 0 bridgehead atoms. The molecular formula is C12H16N4S. The van der Waals surface area contributed by atoms with Crippen LogP contribution in [0.4, 0.5) is 0 Å². The summed E-state index contributed by atoms with van der Waals surface area (Å²) in [5.41, 5.74) is 1.14. The fourth-order valence-corrected chi connectivity index (χ4v) is 2.02. The fraction of sp³-hybridized carbons (Fsp3) is 0.417. The van der Waals surface area contributed by atoms with Gasteiger partial charge in [0, 0.05) is 29.9 Å². The average Bonchev–Trinajstić information content (AvgIpc) is 2.75. The summed E-state index contributed by atoms with van der Waals surface area (Å²) in [6, 6.07) is 1.80. The van der Waals surface area contributed by atoms with E-state index in [0.717, 1.165) is 17.2 Å². The van der Waals surface area contributed by atoms with Crippen LogP contribution >= 0.6 is 11.3 Å². The van der Waals surface area contributed by atoms with Gasteiger partial charge in [0.1, 0.15) is 0 Å². The molecule has 0 aromatic carbocycles. The molecule has 0 spiro atoms. The Morgan fingerprint density at radius 3 is 2.59 bits per heavy atom. The van der Waals surface area contributed by atoms with Gasteiger partial charge in [0.25, 0.3) is 0 Å². The van der Waals surface area contributed by atoms with Crippen molar-refractivity contribution in [2.24, 2.45) is 0 Å². The van der Waals surface area contributed by atoms with E-state index >= 15 is 0 Å². The van der Waals surface area contributed by atoms with Crippen LogP contribution in [0, 0.1) is 0 Å². The molecule has 0 atom stereocenters. The zero-order chi connectivity index (χ0) is 12.3. The van der Waals surface area contributed by atoms with E-state index in [1.165, 1.54) is 0 Å². The molecule has 2 rings (SSSR count). The van der Waals surface area contributed by atoms with Gasteiger partial charge in [-0.3, -0.25) is 0 Å². The molecule has 2 aromatic rings. The smallest absolute Gasteiger partial charge is 0.188 e. The Labute approximate surface area is 105 Å². The average molecular weight is 248 g/mol. The number of thiazole rings is 1. The van der Waals surface area contributed by atoms with Crippen LogP contribution in [-0.4, -0.2) is 20.5 Å². The molecule has 1 N–H and O–H groups in total. The maximum Gasteiger partial charge on any atom is 0.188 e. The lowest BCUT2D eigenvalue weighted by Gasteiger charge is -2.19. The summed E-state index contributed by atoms with van der Waals surface area (Å²) in [6.45, 7) is 7.19. The summed E-state index contributed by atoms with van der Waals surface area (Å²) in [4.78, 5) is 12.9.